The van der Waals surface area contributed by atoms with Gasteiger partial charge >= 0.3 is 0 Å². The normalized spacial score (nSPS) is 25.4. The zero-order valence-electron chi connectivity index (χ0n) is 12.9. The zero-order valence-corrected chi connectivity index (χ0v) is 13.7. The molecule has 1 fully saturated rings. The van der Waals surface area contributed by atoms with Gasteiger partial charge in [0.05, 0.1) is 0 Å². The summed E-state index contributed by atoms with van der Waals surface area (Å²) in [6.45, 7) is 3.39. The van der Waals surface area contributed by atoms with Crippen molar-refractivity contribution in [2.24, 2.45) is 5.92 Å². The number of hydrogen-bond acceptors (Lipinski definition) is 2. The van der Waals surface area contributed by atoms with Gasteiger partial charge in [-0.25, -0.2) is 0 Å². The first kappa shape index (κ1) is 14.6. The van der Waals surface area contributed by atoms with E-state index in [0.29, 0.717) is 0 Å². The predicted octanol–water partition coefficient (Wildman–Crippen LogP) is 5.12. The van der Waals surface area contributed by atoms with Gasteiger partial charge in [0.15, 0.2) is 0 Å². The maximum Gasteiger partial charge on any atom is 0.0139 e. The first-order valence-electron chi connectivity index (χ1n) is 8.68. The number of fused-ring (bicyclic) bond motifs is 1. The fourth-order valence-electron chi connectivity index (χ4n) is 4.37. The Kier molecular flexibility index (Phi) is 5.17. The van der Waals surface area contributed by atoms with Gasteiger partial charge in [-0.05, 0) is 55.2 Å². The number of rotatable bonds is 5. The molecule has 0 radical (unpaired) electrons. The monoisotopic (exact) mass is 291 g/mol. The van der Waals surface area contributed by atoms with Crippen LogP contribution in [0, 0.1) is 5.92 Å². The maximum absolute atomic E-state index is 3.83. The SMILES string of the molecule is CCNC(CC1CCCCC1)C1CCCc2sccc21. The van der Waals surface area contributed by atoms with Crippen molar-refractivity contribution in [1.82, 2.24) is 5.32 Å². The van der Waals surface area contributed by atoms with E-state index in [2.05, 4.69) is 23.7 Å². The summed E-state index contributed by atoms with van der Waals surface area (Å²) in [5, 5.41) is 6.15. The molecule has 0 aliphatic heterocycles. The second-order valence-electron chi connectivity index (χ2n) is 6.70. The summed E-state index contributed by atoms with van der Waals surface area (Å²) in [5.74, 6) is 1.77. The summed E-state index contributed by atoms with van der Waals surface area (Å²) in [6.07, 6.45) is 12.9. The highest BCUT2D eigenvalue weighted by atomic mass is 32.1. The molecule has 1 heterocycles. The topological polar surface area (TPSA) is 12.0 Å². The number of hydrogen-bond donors (Lipinski definition) is 1. The van der Waals surface area contributed by atoms with Gasteiger partial charge < -0.3 is 5.32 Å². The van der Waals surface area contributed by atoms with E-state index in [4.69, 9.17) is 0 Å². The van der Waals surface area contributed by atoms with Crippen LogP contribution in [-0.4, -0.2) is 12.6 Å². The van der Waals surface area contributed by atoms with Gasteiger partial charge in [0, 0.05) is 16.8 Å². The summed E-state index contributed by atoms with van der Waals surface area (Å²) in [5.41, 5.74) is 1.68. The molecule has 2 heteroatoms. The number of aryl methyl sites for hydroxylation is 1. The summed E-state index contributed by atoms with van der Waals surface area (Å²) in [7, 11) is 0. The molecule has 0 aromatic carbocycles. The molecule has 0 saturated heterocycles. The molecule has 1 aromatic rings. The lowest BCUT2D eigenvalue weighted by Gasteiger charge is -2.34. The fraction of sp³-hybridized carbons (Fsp3) is 0.778. The molecule has 1 N–H and O–H groups in total. The molecule has 2 aliphatic carbocycles. The third-order valence-corrected chi connectivity index (χ3v) is 6.36. The van der Waals surface area contributed by atoms with Crippen molar-refractivity contribution in [2.75, 3.05) is 6.54 Å². The van der Waals surface area contributed by atoms with E-state index in [1.807, 2.05) is 11.3 Å². The Morgan fingerprint density at radius 2 is 2.05 bits per heavy atom. The molecule has 2 atom stereocenters. The summed E-state index contributed by atoms with van der Waals surface area (Å²) >= 11 is 1.98. The van der Waals surface area contributed by atoms with E-state index >= 15 is 0 Å². The van der Waals surface area contributed by atoms with Crippen LogP contribution in [0.15, 0.2) is 11.4 Å². The minimum absolute atomic E-state index is 0.719. The Morgan fingerprint density at radius 1 is 1.20 bits per heavy atom. The lowest BCUT2D eigenvalue weighted by Crippen LogP contribution is -2.38. The molecular weight excluding hydrogens is 262 g/mol. The van der Waals surface area contributed by atoms with E-state index in [1.165, 1.54) is 57.8 Å². The quantitative estimate of drug-likeness (QED) is 0.794. The van der Waals surface area contributed by atoms with Crippen LogP contribution in [0.25, 0.3) is 0 Å². The van der Waals surface area contributed by atoms with Crippen molar-refractivity contribution in [2.45, 2.75) is 76.7 Å². The highest BCUT2D eigenvalue weighted by Gasteiger charge is 2.30. The summed E-state index contributed by atoms with van der Waals surface area (Å²) < 4.78 is 0. The average molecular weight is 292 g/mol. The Labute approximate surface area is 128 Å². The molecule has 1 saturated carbocycles. The molecule has 1 nitrogen and oxygen atoms in total. The molecule has 1 aromatic heterocycles. The molecule has 0 spiro atoms. The highest BCUT2D eigenvalue weighted by molar-refractivity contribution is 7.10. The van der Waals surface area contributed by atoms with E-state index < -0.39 is 0 Å². The van der Waals surface area contributed by atoms with Crippen molar-refractivity contribution in [1.29, 1.82) is 0 Å². The van der Waals surface area contributed by atoms with Crippen LogP contribution in [0.2, 0.25) is 0 Å². The van der Waals surface area contributed by atoms with E-state index in [9.17, 15) is 0 Å². The Balaban J connectivity index is 1.70. The first-order valence-corrected chi connectivity index (χ1v) is 9.56. The van der Waals surface area contributed by atoms with Crippen LogP contribution in [0.5, 0.6) is 0 Å². The van der Waals surface area contributed by atoms with Crippen LogP contribution in [0.3, 0.4) is 0 Å². The molecule has 2 aliphatic rings. The van der Waals surface area contributed by atoms with Crippen molar-refractivity contribution >= 4 is 11.3 Å². The zero-order chi connectivity index (χ0) is 13.8. The van der Waals surface area contributed by atoms with Gasteiger partial charge in [0.1, 0.15) is 0 Å². The molecule has 0 amide bonds. The fourth-order valence-corrected chi connectivity index (χ4v) is 5.37. The summed E-state index contributed by atoms with van der Waals surface area (Å²) in [6, 6.07) is 3.13. The number of nitrogens with one attached hydrogen (secondary N) is 1. The lowest BCUT2D eigenvalue weighted by atomic mass is 9.76. The largest absolute Gasteiger partial charge is 0.314 e. The third-order valence-electron chi connectivity index (χ3n) is 5.36. The van der Waals surface area contributed by atoms with Gasteiger partial charge in [0.2, 0.25) is 0 Å². The van der Waals surface area contributed by atoms with Gasteiger partial charge in [-0.3, -0.25) is 0 Å². The predicted molar refractivity (Wildman–Crippen MR) is 88.7 cm³/mol. The molecular formula is C18H29NS. The smallest absolute Gasteiger partial charge is 0.0139 e. The Morgan fingerprint density at radius 3 is 2.85 bits per heavy atom. The van der Waals surface area contributed by atoms with Crippen molar-refractivity contribution in [3.8, 4) is 0 Å². The Hall–Kier alpha value is -0.340. The Bertz CT molecular complexity index is 405. The number of thiophene rings is 1. The first-order chi connectivity index (χ1) is 9.88. The van der Waals surface area contributed by atoms with E-state index in [0.717, 1.165) is 24.4 Å². The summed E-state index contributed by atoms with van der Waals surface area (Å²) in [4.78, 5) is 1.67. The van der Waals surface area contributed by atoms with Crippen LogP contribution in [-0.2, 0) is 6.42 Å². The van der Waals surface area contributed by atoms with Crippen LogP contribution < -0.4 is 5.32 Å². The minimum atomic E-state index is 0.719. The van der Waals surface area contributed by atoms with Gasteiger partial charge in [-0.15, -0.1) is 11.3 Å². The number of likely N-dealkylation sites (N-methyl/N-ethyl adjacent to an activating group) is 1. The second-order valence-corrected chi connectivity index (χ2v) is 7.70. The molecule has 3 rings (SSSR count). The standard InChI is InChI=1S/C18H29NS/c1-2-19-17(13-14-7-4-3-5-8-14)15-9-6-10-18-16(15)11-12-20-18/h11-12,14-15,17,19H,2-10,13H2,1H3. The molecule has 20 heavy (non-hydrogen) atoms. The van der Waals surface area contributed by atoms with Gasteiger partial charge in [0.25, 0.3) is 0 Å². The lowest BCUT2D eigenvalue weighted by molar-refractivity contribution is 0.271. The van der Waals surface area contributed by atoms with Crippen molar-refractivity contribution in [3.05, 3.63) is 21.9 Å². The maximum atomic E-state index is 3.83. The van der Waals surface area contributed by atoms with Crippen molar-refractivity contribution in [3.63, 3.8) is 0 Å². The molecule has 112 valence electrons. The second kappa shape index (κ2) is 7.09. The van der Waals surface area contributed by atoms with E-state index in [1.54, 1.807) is 10.4 Å². The van der Waals surface area contributed by atoms with Crippen LogP contribution in [0.1, 0.15) is 74.6 Å². The molecule has 2 unspecified atom stereocenters. The minimum Gasteiger partial charge on any atom is -0.314 e. The van der Waals surface area contributed by atoms with Gasteiger partial charge in [-0.2, -0.15) is 0 Å². The van der Waals surface area contributed by atoms with Gasteiger partial charge in [-0.1, -0.05) is 39.0 Å². The van der Waals surface area contributed by atoms with E-state index in [-0.39, 0.29) is 0 Å². The van der Waals surface area contributed by atoms with Crippen molar-refractivity contribution < 1.29 is 0 Å². The molecule has 0 bridgehead atoms. The van der Waals surface area contributed by atoms with Crippen LogP contribution >= 0.6 is 11.3 Å². The third kappa shape index (κ3) is 3.28. The highest BCUT2D eigenvalue weighted by Crippen LogP contribution is 2.40. The van der Waals surface area contributed by atoms with Crippen LogP contribution in [0.4, 0.5) is 0 Å². The average Bonchev–Trinajstić information content (AvgIpc) is 2.96.